The standard InChI is InChI=1S/C16H26N4O/c1-13-4-8-19(9-5-13)15-10-16(21)20(18-11-15)12-14-2-6-17-7-3-14/h10-11,13-14,17H,2-9,12H2,1H3. The zero-order valence-electron chi connectivity index (χ0n) is 12.9. The van der Waals surface area contributed by atoms with Crippen molar-refractivity contribution in [2.24, 2.45) is 11.8 Å². The molecule has 0 atom stereocenters. The topological polar surface area (TPSA) is 50.2 Å². The Bertz CT molecular complexity index is 513. The Kier molecular flexibility index (Phi) is 4.58. The van der Waals surface area contributed by atoms with Gasteiger partial charge in [-0.05, 0) is 50.6 Å². The number of piperidine rings is 2. The maximum atomic E-state index is 12.3. The largest absolute Gasteiger partial charge is 0.370 e. The second-order valence-corrected chi connectivity index (χ2v) is 6.60. The summed E-state index contributed by atoms with van der Waals surface area (Å²) in [6.07, 6.45) is 6.56. The molecule has 2 aliphatic rings. The van der Waals surface area contributed by atoms with Crippen LogP contribution in [0.1, 0.15) is 32.6 Å². The van der Waals surface area contributed by atoms with Crippen molar-refractivity contribution in [3.8, 4) is 0 Å². The van der Waals surface area contributed by atoms with Gasteiger partial charge in [0.1, 0.15) is 0 Å². The number of rotatable bonds is 3. The fourth-order valence-electron chi connectivity index (χ4n) is 3.31. The van der Waals surface area contributed by atoms with Crippen molar-refractivity contribution < 1.29 is 0 Å². The van der Waals surface area contributed by atoms with Crippen molar-refractivity contribution in [3.63, 3.8) is 0 Å². The van der Waals surface area contributed by atoms with Crippen molar-refractivity contribution in [1.82, 2.24) is 15.1 Å². The van der Waals surface area contributed by atoms with Gasteiger partial charge in [0.05, 0.1) is 11.9 Å². The average Bonchev–Trinajstić information content (AvgIpc) is 2.51. The van der Waals surface area contributed by atoms with E-state index >= 15 is 0 Å². The van der Waals surface area contributed by atoms with E-state index in [0.717, 1.165) is 57.2 Å². The predicted molar refractivity (Wildman–Crippen MR) is 84.7 cm³/mol. The van der Waals surface area contributed by atoms with Gasteiger partial charge >= 0.3 is 0 Å². The first-order valence-corrected chi connectivity index (χ1v) is 8.25. The molecule has 0 aliphatic carbocycles. The van der Waals surface area contributed by atoms with Crippen LogP contribution in [0.5, 0.6) is 0 Å². The van der Waals surface area contributed by atoms with Gasteiger partial charge in [-0.15, -0.1) is 0 Å². The van der Waals surface area contributed by atoms with E-state index in [-0.39, 0.29) is 5.56 Å². The molecular weight excluding hydrogens is 264 g/mol. The molecule has 1 N–H and O–H groups in total. The predicted octanol–water partition coefficient (Wildman–Crippen LogP) is 1.48. The third kappa shape index (κ3) is 3.64. The molecule has 116 valence electrons. The molecule has 0 spiro atoms. The Morgan fingerprint density at radius 2 is 1.95 bits per heavy atom. The summed E-state index contributed by atoms with van der Waals surface area (Å²) in [5.41, 5.74) is 1.04. The van der Waals surface area contributed by atoms with E-state index in [1.54, 1.807) is 10.7 Å². The summed E-state index contributed by atoms with van der Waals surface area (Å²) < 4.78 is 1.64. The fraction of sp³-hybridized carbons (Fsp3) is 0.750. The first kappa shape index (κ1) is 14.6. The van der Waals surface area contributed by atoms with E-state index in [1.807, 2.05) is 6.20 Å². The molecule has 2 aliphatic heterocycles. The van der Waals surface area contributed by atoms with E-state index in [1.165, 1.54) is 12.8 Å². The Balaban J connectivity index is 1.66. The number of nitrogens with zero attached hydrogens (tertiary/aromatic N) is 3. The van der Waals surface area contributed by atoms with Crippen LogP contribution >= 0.6 is 0 Å². The molecule has 1 aromatic rings. The summed E-state index contributed by atoms with van der Waals surface area (Å²) in [6.45, 7) is 7.26. The Hall–Kier alpha value is -1.36. The van der Waals surface area contributed by atoms with Crippen LogP contribution in [-0.4, -0.2) is 36.0 Å². The van der Waals surface area contributed by atoms with Crippen molar-refractivity contribution >= 4 is 5.69 Å². The lowest BCUT2D eigenvalue weighted by molar-refractivity contribution is 0.315. The highest BCUT2D eigenvalue weighted by molar-refractivity contribution is 5.43. The fourth-order valence-corrected chi connectivity index (χ4v) is 3.31. The molecular formula is C16H26N4O. The maximum absolute atomic E-state index is 12.3. The lowest BCUT2D eigenvalue weighted by atomic mass is 9.98. The first-order valence-electron chi connectivity index (χ1n) is 8.25. The van der Waals surface area contributed by atoms with Crippen LogP contribution < -0.4 is 15.8 Å². The molecule has 0 amide bonds. The minimum Gasteiger partial charge on any atom is -0.370 e. The summed E-state index contributed by atoms with van der Waals surface area (Å²) >= 11 is 0. The minimum absolute atomic E-state index is 0.0460. The molecule has 0 aromatic carbocycles. The van der Waals surface area contributed by atoms with Crippen LogP contribution in [0.2, 0.25) is 0 Å². The third-order valence-electron chi connectivity index (χ3n) is 4.89. The number of hydrogen-bond acceptors (Lipinski definition) is 4. The van der Waals surface area contributed by atoms with Crippen LogP contribution in [-0.2, 0) is 6.54 Å². The number of nitrogens with one attached hydrogen (secondary N) is 1. The van der Waals surface area contributed by atoms with E-state index in [9.17, 15) is 4.79 Å². The number of hydrogen-bond donors (Lipinski definition) is 1. The van der Waals surface area contributed by atoms with Crippen molar-refractivity contribution in [2.45, 2.75) is 39.2 Å². The maximum Gasteiger partial charge on any atom is 0.268 e. The molecule has 0 unspecified atom stereocenters. The summed E-state index contributed by atoms with van der Waals surface area (Å²) in [4.78, 5) is 14.6. The van der Waals surface area contributed by atoms with E-state index in [4.69, 9.17) is 0 Å². The smallest absolute Gasteiger partial charge is 0.268 e. The van der Waals surface area contributed by atoms with Gasteiger partial charge in [-0.2, -0.15) is 5.10 Å². The van der Waals surface area contributed by atoms with Crippen molar-refractivity contribution in [3.05, 3.63) is 22.6 Å². The normalized spacial score (nSPS) is 21.7. The molecule has 3 rings (SSSR count). The minimum atomic E-state index is 0.0460. The Morgan fingerprint density at radius 1 is 1.24 bits per heavy atom. The molecule has 2 saturated heterocycles. The second kappa shape index (κ2) is 6.60. The second-order valence-electron chi connectivity index (χ2n) is 6.60. The van der Waals surface area contributed by atoms with E-state index < -0.39 is 0 Å². The highest BCUT2D eigenvalue weighted by atomic mass is 16.1. The molecule has 0 radical (unpaired) electrons. The summed E-state index contributed by atoms with van der Waals surface area (Å²) in [7, 11) is 0. The summed E-state index contributed by atoms with van der Waals surface area (Å²) in [5, 5.41) is 7.76. The molecule has 3 heterocycles. The van der Waals surface area contributed by atoms with E-state index in [0.29, 0.717) is 5.92 Å². The molecule has 5 nitrogen and oxygen atoms in total. The third-order valence-corrected chi connectivity index (χ3v) is 4.89. The summed E-state index contributed by atoms with van der Waals surface area (Å²) in [5.74, 6) is 1.38. The number of aromatic nitrogens is 2. The molecule has 5 heteroatoms. The molecule has 21 heavy (non-hydrogen) atoms. The van der Waals surface area contributed by atoms with Gasteiger partial charge in [-0.3, -0.25) is 4.79 Å². The quantitative estimate of drug-likeness (QED) is 0.916. The highest BCUT2D eigenvalue weighted by Gasteiger charge is 2.18. The van der Waals surface area contributed by atoms with Gasteiger partial charge in [0.25, 0.3) is 5.56 Å². The van der Waals surface area contributed by atoms with Crippen LogP contribution in [0.15, 0.2) is 17.1 Å². The molecule has 1 aromatic heterocycles. The van der Waals surface area contributed by atoms with Crippen molar-refractivity contribution in [2.75, 3.05) is 31.1 Å². The van der Waals surface area contributed by atoms with Crippen LogP contribution in [0, 0.1) is 11.8 Å². The molecule has 2 fully saturated rings. The molecule has 0 saturated carbocycles. The van der Waals surface area contributed by atoms with Gasteiger partial charge in [-0.1, -0.05) is 6.92 Å². The van der Waals surface area contributed by atoms with Gasteiger partial charge < -0.3 is 10.2 Å². The van der Waals surface area contributed by atoms with Gasteiger partial charge in [0.15, 0.2) is 0 Å². The zero-order valence-corrected chi connectivity index (χ0v) is 12.9. The Morgan fingerprint density at radius 3 is 2.62 bits per heavy atom. The van der Waals surface area contributed by atoms with Gasteiger partial charge in [0, 0.05) is 25.7 Å². The lowest BCUT2D eigenvalue weighted by Gasteiger charge is -2.31. The number of anilines is 1. The Labute approximate surface area is 126 Å². The summed E-state index contributed by atoms with van der Waals surface area (Å²) in [6, 6.07) is 1.77. The van der Waals surface area contributed by atoms with Gasteiger partial charge in [0.2, 0.25) is 0 Å². The van der Waals surface area contributed by atoms with Crippen LogP contribution in [0.3, 0.4) is 0 Å². The first-order chi connectivity index (χ1) is 10.2. The zero-order chi connectivity index (χ0) is 14.7. The monoisotopic (exact) mass is 290 g/mol. The van der Waals surface area contributed by atoms with Crippen LogP contribution in [0.4, 0.5) is 5.69 Å². The van der Waals surface area contributed by atoms with Crippen LogP contribution in [0.25, 0.3) is 0 Å². The lowest BCUT2D eigenvalue weighted by Crippen LogP contribution is -2.36. The average molecular weight is 290 g/mol. The highest BCUT2D eigenvalue weighted by Crippen LogP contribution is 2.21. The molecule has 0 bridgehead atoms. The van der Waals surface area contributed by atoms with Gasteiger partial charge in [-0.25, -0.2) is 4.68 Å². The SMILES string of the molecule is CC1CCN(c2cnn(CC3CCNCC3)c(=O)c2)CC1. The van der Waals surface area contributed by atoms with E-state index in [2.05, 4.69) is 22.2 Å². The van der Waals surface area contributed by atoms with Crippen molar-refractivity contribution in [1.29, 1.82) is 0 Å².